The Hall–Kier alpha value is -1.94. The summed E-state index contributed by atoms with van der Waals surface area (Å²) >= 11 is 5.70. The van der Waals surface area contributed by atoms with Crippen molar-refractivity contribution >= 4 is 55.6 Å². The number of halogens is 2. The molecule has 0 spiro atoms. The van der Waals surface area contributed by atoms with Crippen LogP contribution in [-0.4, -0.2) is 28.6 Å². The summed E-state index contributed by atoms with van der Waals surface area (Å²) in [7, 11) is 0. The van der Waals surface area contributed by atoms with Gasteiger partial charge >= 0.3 is 0 Å². The molecule has 1 heterocycles. The lowest BCUT2D eigenvalue weighted by Crippen LogP contribution is -2.22. The Bertz CT molecular complexity index is 1210. The molecule has 0 unspecified atom stereocenters. The van der Waals surface area contributed by atoms with E-state index < -0.39 is 0 Å². The number of hydrogen-bond acceptors (Lipinski definition) is 5. The molecule has 0 bridgehead atoms. The van der Waals surface area contributed by atoms with E-state index in [2.05, 4.69) is 57.5 Å². The van der Waals surface area contributed by atoms with Crippen molar-refractivity contribution in [2.24, 2.45) is 5.10 Å². The number of nitrogens with zero attached hydrogens (tertiary/aromatic N) is 3. The summed E-state index contributed by atoms with van der Waals surface area (Å²) in [4.78, 5) is 18.0. The van der Waals surface area contributed by atoms with Crippen LogP contribution < -0.4 is 15.0 Å². The maximum absolute atomic E-state index is 13.3. The third-order valence-electron chi connectivity index (χ3n) is 5.18. The second kappa shape index (κ2) is 12.0. The number of unbranched alkanes of at least 4 members (excludes halogenated alkanes) is 1. The zero-order valence-corrected chi connectivity index (χ0v) is 23.1. The lowest BCUT2D eigenvalue weighted by atomic mass is 10.2. The first-order valence-electron chi connectivity index (χ1n) is 11.3. The second-order valence-electron chi connectivity index (χ2n) is 7.75. The van der Waals surface area contributed by atoms with Crippen molar-refractivity contribution in [3.63, 3.8) is 0 Å². The summed E-state index contributed by atoms with van der Waals surface area (Å²) in [6.07, 6.45) is 5.28. The fraction of sp³-hybridized carbons (Fsp3) is 0.400. The minimum absolute atomic E-state index is 0.0833. The van der Waals surface area contributed by atoms with E-state index in [1.165, 1.54) is 4.68 Å². The average molecular weight is 626 g/mol. The molecule has 0 fully saturated rings. The van der Waals surface area contributed by atoms with Gasteiger partial charge in [-0.2, -0.15) is 9.78 Å². The van der Waals surface area contributed by atoms with Gasteiger partial charge in [-0.15, -0.1) is 0 Å². The number of fused-ring (bicyclic) bond motifs is 1. The lowest BCUT2D eigenvalue weighted by Gasteiger charge is -2.18. The number of rotatable bonds is 10. The Morgan fingerprint density at radius 3 is 2.73 bits per heavy atom. The topological polar surface area (TPSA) is 65.7 Å². The predicted octanol–water partition coefficient (Wildman–Crippen LogP) is 6.56. The fourth-order valence-electron chi connectivity index (χ4n) is 3.26. The van der Waals surface area contributed by atoms with Crippen LogP contribution in [-0.2, 0) is 6.42 Å². The van der Waals surface area contributed by atoms with Gasteiger partial charge in [0.25, 0.3) is 5.56 Å². The minimum Gasteiger partial charge on any atom is -0.490 e. The molecular formula is C25H29BrIN3O3. The highest BCUT2D eigenvalue weighted by molar-refractivity contribution is 14.1. The molecule has 33 heavy (non-hydrogen) atoms. The van der Waals surface area contributed by atoms with E-state index in [1.54, 1.807) is 12.3 Å². The van der Waals surface area contributed by atoms with Gasteiger partial charge in [-0.1, -0.05) is 36.2 Å². The highest BCUT2D eigenvalue weighted by Crippen LogP contribution is 2.35. The van der Waals surface area contributed by atoms with E-state index in [0.29, 0.717) is 35.5 Å². The Kier molecular flexibility index (Phi) is 9.31. The molecule has 0 saturated heterocycles. The quantitative estimate of drug-likeness (QED) is 0.189. The highest BCUT2D eigenvalue weighted by Gasteiger charge is 2.15. The predicted molar refractivity (Wildman–Crippen MR) is 146 cm³/mol. The maximum atomic E-state index is 13.3. The van der Waals surface area contributed by atoms with Gasteiger partial charge in [-0.25, -0.2) is 4.98 Å². The van der Waals surface area contributed by atoms with Gasteiger partial charge < -0.3 is 9.47 Å². The first-order valence-corrected chi connectivity index (χ1v) is 13.1. The number of hydrogen-bond donors (Lipinski definition) is 0. The van der Waals surface area contributed by atoms with Crippen molar-refractivity contribution in [1.29, 1.82) is 0 Å². The molecule has 6 nitrogen and oxygen atoms in total. The molecule has 0 aliphatic carbocycles. The first-order chi connectivity index (χ1) is 15.9. The molecule has 0 N–H and O–H groups in total. The fourth-order valence-corrected chi connectivity index (χ4v) is 4.37. The van der Waals surface area contributed by atoms with E-state index in [9.17, 15) is 4.79 Å². The van der Waals surface area contributed by atoms with Gasteiger partial charge in [-0.05, 0) is 85.2 Å². The third kappa shape index (κ3) is 6.35. The van der Waals surface area contributed by atoms with E-state index in [0.717, 1.165) is 38.6 Å². The zero-order valence-electron chi connectivity index (χ0n) is 19.4. The monoisotopic (exact) mass is 625 g/mol. The Morgan fingerprint density at radius 1 is 1.24 bits per heavy atom. The van der Waals surface area contributed by atoms with Gasteiger partial charge in [0.05, 0.1) is 33.4 Å². The lowest BCUT2D eigenvalue weighted by molar-refractivity contribution is 0.201. The van der Waals surface area contributed by atoms with Crippen LogP contribution in [0.3, 0.4) is 0 Å². The zero-order chi connectivity index (χ0) is 24.0. The minimum atomic E-state index is -0.180. The molecule has 0 aliphatic rings. The Labute approximate surface area is 216 Å². The van der Waals surface area contributed by atoms with E-state index in [4.69, 9.17) is 14.5 Å². The molecule has 8 heteroatoms. The van der Waals surface area contributed by atoms with Crippen molar-refractivity contribution in [3.05, 3.63) is 60.1 Å². The van der Waals surface area contributed by atoms with Crippen molar-refractivity contribution in [3.8, 4) is 11.5 Å². The highest BCUT2D eigenvalue weighted by atomic mass is 127. The van der Waals surface area contributed by atoms with Gasteiger partial charge in [0.15, 0.2) is 11.5 Å². The SMILES string of the molecule is CCCCc1nc2ccc(Br)cc2c(=O)n1N=Cc1cc(I)c(O[C@@H](C)CC)c(OCC)c1. The average Bonchev–Trinajstić information content (AvgIpc) is 2.79. The molecular weight excluding hydrogens is 597 g/mol. The summed E-state index contributed by atoms with van der Waals surface area (Å²) in [6, 6.07) is 9.42. The van der Waals surface area contributed by atoms with E-state index in [-0.39, 0.29) is 11.7 Å². The molecule has 0 aliphatic heterocycles. The summed E-state index contributed by atoms with van der Waals surface area (Å²) in [6.45, 7) is 8.71. The van der Waals surface area contributed by atoms with Gasteiger partial charge in [0.1, 0.15) is 5.82 Å². The maximum Gasteiger partial charge on any atom is 0.282 e. The van der Waals surface area contributed by atoms with E-state index >= 15 is 0 Å². The smallest absolute Gasteiger partial charge is 0.282 e. The standard InChI is InChI=1S/C25H29BrIN3O3/c1-5-8-9-23-29-21-11-10-18(26)14-19(21)25(31)30(23)28-15-17-12-20(27)24(33-16(4)6-2)22(13-17)32-7-3/h10-16H,5-9H2,1-4H3/t16-/m0/s1. The molecule has 2 aromatic carbocycles. The summed E-state index contributed by atoms with van der Waals surface area (Å²) in [5, 5.41) is 5.09. The normalized spacial score (nSPS) is 12.4. The Balaban J connectivity index is 2.07. The number of ether oxygens (including phenoxy) is 2. The van der Waals surface area contributed by atoms with Crippen molar-refractivity contribution < 1.29 is 9.47 Å². The van der Waals surface area contributed by atoms with Crippen molar-refractivity contribution in [2.75, 3.05) is 6.61 Å². The molecule has 0 radical (unpaired) electrons. The molecule has 1 atom stereocenters. The van der Waals surface area contributed by atoms with Crippen LogP contribution in [0.5, 0.6) is 11.5 Å². The third-order valence-corrected chi connectivity index (χ3v) is 6.47. The first kappa shape index (κ1) is 25.7. The number of benzene rings is 2. The number of aryl methyl sites for hydroxylation is 1. The summed E-state index contributed by atoms with van der Waals surface area (Å²) < 4.78 is 15.1. The van der Waals surface area contributed by atoms with Crippen LogP contribution >= 0.6 is 38.5 Å². The molecule has 176 valence electrons. The molecule has 3 aromatic rings. The molecule has 3 rings (SSSR count). The van der Waals surface area contributed by atoms with Crippen molar-refractivity contribution in [2.45, 2.75) is 59.5 Å². The van der Waals surface area contributed by atoms with Gasteiger partial charge in [0.2, 0.25) is 0 Å². The van der Waals surface area contributed by atoms with Crippen LogP contribution in [0.1, 0.15) is 58.3 Å². The van der Waals surface area contributed by atoms with Crippen LogP contribution in [0.2, 0.25) is 0 Å². The van der Waals surface area contributed by atoms with Gasteiger partial charge in [-0.3, -0.25) is 4.79 Å². The van der Waals surface area contributed by atoms with Crippen LogP contribution in [0.25, 0.3) is 10.9 Å². The second-order valence-corrected chi connectivity index (χ2v) is 9.83. The summed E-state index contributed by atoms with van der Waals surface area (Å²) in [5.41, 5.74) is 1.32. The van der Waals surface area contributed by atoms with Crippen LogP contribution in [0.4, 0.5) is 0 Å². The largest absolute Gasteiger partial charge is 0.490 e. The van der Waals surface area contributed by atoms with Crippen LogP contribution in [0, 0.1) is 3.57 Å². The molecule has 0 saturated carbocycles. The van der Waals surface area contributed by atoms with Crippen molar-refractivity contribution in [1.82, 2.24) is 9.66 Å². The molecule has 1 aromatic heterocycles. The summed E-state index contributed by atoms with van der Waals surface area (Å²) in [5.74, 6) is 2.07. The van der Waals surface area contributed by atoms with Crippen LogP contribution in [0.15, 0.2) is 44.7 Å². The number of aromatic nitrogens is 2. The Morgan fingerprint density at radius 2 is 2.03 bits per heavy atom. The van der Waals surface area contributed by atoms with Gasteiger partial charge in [0, 0.05) is 10.9 Å². The van der Waals surface area contributed by atoms with E-state index in [1.807, 2.05) is 38.1 Å². The molecule has 0 amide bonds.